The lowest BCUT2D eigenvalue weighted by Gasteiger charge is -2.16. The normalized spacial score (nSPS) is 16.3. The molecule has 1 nitrogen and oxygen atoms in total. The molecule has 3 heteroatoms. The number of nitrogens with zero attached hydrogens (tertiary/aromatic N) is 1. The van der Waals surface area contributed by atoms with Crippen molar-refractivity contribution in [3.8, 4) is 0 Å². The predicted molar refractivity (Wildman–Crippen MR) is 61.0 cm³/mol. The van der Waals surface area contributed by atoms with Gasteiger partial charge in [0, 0.05) is 22.6 Å². The Balaban J connectivity index is 2.07. The van der Waals surface area contributed by atoms with E-state index in [1.807, 2.05) is 12.1 Å². The summed E-state index contributed by atoms with van der Waals surface area (Å²) in [4.78, 5) is 2.34. The van der Waals surface area contributed by atoms with Crippen LogP contribution in [0.2, 0.25) is 10.0 Å². The van der Waals surface area contributed by atoms with Gasteiger partial charge in [-0.25, -0.2) is 0 Å². The van der Waals surface area contributed by atoms with Crippen molar-refractivity contribution in [1.29, 1.82) is 0 Å². The average molecular weight is 230 g/mol. The summed E-state index contributed by atoms with van der Waals surface area (Å²) in [7, 11) is 2.14. The third-order valence-electron chi connectivity index (χ3n) is 2.61. The number of hydrogen-bond donors (Lipinski definition) is 0. The zero-order valence-corrected chi connectivity index (χ0v) is 9.65. The van der Waals surface area contributed by atoms with Crippen molar-refractivity contribution in [3.63, 3.8) is 0 Å². The quantitative estimate of drug-likeness (QED) is 0.766. The smallest absolute Gasteiger partial charge is 0.0465 e. The maximum Gasteiger partial charge on any atom is 0.0465 e. The Hall–Kier alpha value is -0.240. The van der Waals surface area contributed by atoms with Gasteiger partial charge in [0.25, 0.3) is 0 Å². The van der Waals surface area contributed by atoms with Crippen LogP contribution in [-0.2, 0) is 6.54 Å². The molecule has 0 atom stereocenters. The molecule has 0 spiro atoms. The van der Waals surface area contributed by atoms with Gasteiger partial charge in [0.2, 0.25) is 0 Å². The lowest BCUT2D eigenvalue weighted by atomic mass is 10.2. The Bertz CT molecular complexity index is 334. The molecule has 0 heterocycles. The minimum Gasteiger partial charge on any atom is -0.299 e. The van der Waals surface area contributed by atoms with Crippen LogP contribution < -0.4 is 0 Å². The Labute approximate surface area is 94.6 Å². The molecule has 1 aromatic rings. The molecule has 0 aliphatic heterocycles. The summed E-state index contributed by atoms with van der Waals surface area (Å²) >= 11 is 11.9. The topological polar surface area (TPSA) is 3.24 Å². The van der Waals surface area contributed by atoms with Crippen LogP contribution in [0.15, 0.2) is 18.2 Å². The molecule has 0 bridgehead atoms. The molecule has 0 unspecified atom stereocenters. The van der Waals surface area contributed by atoms with Crippen LogP contribution >= 0.6 is 23.2 Å². The molecule has 0 saturated heterocycles. The molecule has 76 valence electrons. The van der Waals surface area contributed by atoms with Crippen LogP contribution in [0.5, 0.6) is 0 Å². The first-order chi connectivity index (χ1) is 6.66. The molecule has 1 aliphatic rings. The van der Waals surface area contributed by atoms with Gasteiger partial charge in [-0.3, -0.25) is 4.90 Å². The minimum atomic E-state index is 0.702. The van der Waals surface area contributed by atoms with Crippen LogP contribution in [0, 0.1) is 0 Å². The lowest BCUT2D eigenvalue weighted by molar-refractivity contribution is 0.316. The third kappa shape index (κ3) is 2.41. The van der Waals surface area contributed by atoms with Gasteiger partial charge in [-0.2, -0.15) is 0 Å². The number of benzene rings is 1. The highest BCUT2D eigenvalue weighted by Crippen LogP contribution is 2.29. The van der Waals surface area contributed by atoms with E-state index >= 15 is 0 Å². The number of hydrogen-bond acceptors (Lipinski definition) is 1. The molecular formula is C11H13Cl2N. The van der Waals surface area contributed by atoms with E-state index in [4.69, 9.17) is 23.2 Å². The van der Waals surface area contributed by atoms with Gasteiger partial charge in [0.05, 0.1) is 0 Å². The summed E-state index contributed by atoms with van der Waals surface area (Å²) in [5.74, 6) is 0. The zero-order chi connectivity index (χ0) is 10.1. The van der Waals surface area contributed by atoms with E-state index < -0.39 is 0 Å². The largest absolute Gasteiger partial charge is 0.299 e. The highest BCUT2D eigenvalue weighted by molar-refractivity contribution is 6.35. The molecule has 2 rings (SSSR count). The van der Waals surface area contributed by atoms with E-state index in [0.29, 0.717) is 5.02 Å². The van der Waals surface area contributed by atoms with Crippen molar-refractivity contribution in [2.45, 2.75) is 25.4 Å². The zero-order valence-electron chi connectivity index (χ0n) is 8.13. The summed E-state index contributed by atoms with van der Waals surface area (Å²) in [5.41, 5.74) is 1.16. The molecule has 0 aromatic heterocycles. The third-order valence-corrected chi connectivity index (χ3v) is 3.19. The van der Waals surface area contributed by atoms with E-state index in [0.717, 1.165) is 23.2 Å². The molecule has 1 aliphatic carbocycles. The molecule has 14 heavy (non-hydrogen) atoms. The van der Waals surface area contributed by atoms with E-state index in [-0.39, 0.29) is 0 Å². The number of rotatable bonds is 3. The fourth-order valence-corrected chi connectivity index (χ4v) is 2.03. The van der Waals surface area contributed by atoms with Gasteiger partial charge in [0.15, 0.2) is 0 Å². The highest BCUT2D eigenvalue weighted by atomic mass is 35.5. The highest BCUT2D eigenvalue weighted by Gasteiger charge is 2.26. The van der Waals surface area contributed by atoms with Gasteiger partial charge in [-0.05, 0) is 37.6 Å². The Morgan fingerprint density at radius 1 is 1.36 bits per heavy atom. The first-order valence-corrected chi connectivity index (χ1v) is 5.56. The summed E-state index contributed by atoms with van der Waals surface area (Å²) < 4.78 is 0. The van der Waals surface area contributed by atoms with Crippen molar-refractivity contribution in [3.05, 3.63) is 33.8 Å². The monoisotopic (exact) mass is 229 g/mol. The van der Waals surface area contributed by atoms with Crippen LogP contribution in [-0.4, -0.2) is 18.0 Å². The SMILES string of the molecule is CN(Cc1ccc(Cl)cc1Cl)C1CC1. The maximum atomic E-state index is 6.09. The fourth-order valence-electron chi connectivity index (χ4n) is 1.56. The summed E-state index contributed by atoms with van der Waals surface area (Å²) in [6, 6.07) is 6.47. The Kier molecular flexibility index (Phi) is 3.01. The van der Waals surface area contributed by atoms with Gasteiger partial charge >= 0.3 is 0 Å². The summed E-state index contributed by atoms with van der Waals surface area (Å²) in [6.45, 7) is 0.917. The van der Waals surface area contributed by atoms with Crippen molar-refractivity contribution >= 4 is 23.2 Å². The Morgan fingerprint density at radius 2 is 2.07 bits per heavy atom. The molecule has 0 N–H and O–H groups in total. The molecule has 1 saturated carbocycles. The minimum absolute atomic E-state index is 0.702. The number of halogens is 2. The lowest BCUT2D eigenvalue weighted by Crippen LogP contribution is -2.20. The van der Waals surface area contributed by atoms with Gasteiger partial charge in [-0.1, -0.05) is 29.3 Å². The standard InChI is InChI=1S/C11H13Cl2N/c1-14(10-4-5-10)7-8-2-3-9(12)6-11(8)13/h2-3,6,10H,4-5,7H2,1H3. The summed E-state index contributed by atoms with van der Waals surface area (Å²) in [6.07, 6.45) is 2.64. The van der Waals surface area contributed by atoms with Crippen LogP contribution in [0.3, 0.4) is 0 Å². The molecule has 1 aromatic carbocycles. The first kappa shape index (κ1) is 10.3. The van der Waals surface area contributed by atoms with E-state index in [1.54, 1.807) is 6.07 Å². The van der Waals surface area contributed by atoms with E-state index in [2.05, 4.69) is 11.9 Å². The predicted octanol–water partition coefficient (Wildman–Crippen LogP) is 3.59. The molecule has 1 fully saturated rings. The van der Waals surface area contributed by atoms with E-state index in [1.165, 1.54) is 12.8 Å². The van der Waals surface area contributed by atoms with Crippen LogP contribution in [0.1, 0.15) is 18.4 Å². The Morgan fingerprint density at radius 3 is 2.64 bits per heavy atom. The second-order valence-electron chi connectivity index (χ2n) is 3.88. The van der Waals surface area contributed by atoms with Gasteiger partial charge < -0.3 is 0 Å². The van der Waals surface area contributed by atoms with Crippen LogP contribution in [0.4, 0.5) is 0 Å². The summed E-state index contributed by atoms with van der Waals surface area (Å²) in [5, 5.41) is 1.47. The van der Waals surface area contributed by atoms with E-state index in [9.17, 15) is 0 Å². The second kappa shape index (κ2) is 4.09. The molecular weight excluding hydrogens is 217 g/mol. The van der Waals surface area contributed by atoms with Crippen molar-refractivity contribution in [1.82, 2.24) is 4.90 Å². The fraction of sp³-hybridized carbons (Fsp3) is 0.455. The van der Waals surface area contributed by atoms with Crippen molar-refractivity contribution in [2.75, 3.05) is 7.05 Å². The van der Waals surface area contributed by atoms with Gasteiger partial charge in [-0.15, -0.1) is 0 Å². The van der Waals surface area contributed by atoms with Crippen molar-refractivity contribution in [2.24, 2.45) is 0 Å². The maximum absolute atomic E-state index is 6.09. The average Bonchev–Trinajstić information content (AvgIpc) is 2.92. The van der Waals surface area contributed by atoms with Gasteiger partial charge in [0.1, 0.15) is 0 Å². The first-order valence-electron chi connectivity index (χ1n) is 4.81. The van der Waals surface area contributed by atoms with Crippen molar-refractivity contribution < 1.29 is 0 Å². The molecule has 0 amide bonds. The molecule has 0 radical (unpaired) electrons. The van der Waals surface area contributed by atoms with Crippen LogP contribution in [0.25, 0.3) is 0 Å². The second-order valence-corrected chi connectivity index (χ2v) is 4.73.